The van der Waals surface area contributed by atoms with E-state index in [1.54, 1.807) is 0 Å². The molecule has 1 aliphatic carbocycles. The van der Waals surface area contributed by atoms with Gasteiger partial charge >= 0.3 is 0 Å². The summed E-state index contributed by atoms with van der Waals surface area (Å²) in [5.74, 6) is 0. The molecule has 0 heterocycles. The SMILES string of the molecule is N#CC1(CCN)CC1. The Balaban J connectivity index is 2.33. The minimum atomic E-state index is 0.0226. The van der Waals surface area contributed by atoms with Gasteiger partial charge in [0, 0.05) is 0 Å². The molecule has 0 aromatic rings. The molecule has 0 amide bonds. The molecule has 0 aliphatic heterocycles. The zero-order valence-electron chi connectivity index (χ0n) is 4.85. The van der Waals surface area contributed by atoms with Gasteiger partial charge in [-0.05, 0) is 25.8 Å². The summed E-state index contributed by atoms with van der Waals surface area (Å²) in [5.41, 5.74) is 5.30. The van der Waals surface area contributed by atoms with Gasteiger partial charge in [-0.1, -0.05) is 0 Å². The van der Waals surface area contributed by atoms with Crippen molar-refractivity contribution < 1.29 is 0 Å². The number of hydrogen-bond donors (Lipinski definition) is 1. The second-order valence-corrected chi connectivity index (χ2v) is 2.43. The molecular formula is C6H10N2. The van der Waals surface area contributed by atoms with Crippen LogP contribution in [0.3, 0.4) is 0 Å². The number of nitrogens with two attached hydrogens (primary N) is 1. The molecule has 2 heteroatoms. The Bertz CT molecular complexity index is 119. The predicted molar refractivity (Wildman–Crippen MR) is 31.0 cm³/mol. The lowest BCUT2D eigenvalue weighted by atomic mass is 10.1. The Morgan fingerprint density at radius 1 is 1.62 bits per heavy atom. The van der Waals surface area contributed by atoms with E-state index in [-0.39, 0.29) is 5.41 Å². The Labute approximate surface area is 49.3 Å². The van der Waals surface area contributed by atoms with Crippen molar-refractivity contribution in [3.05, 3.63) is 0 Å². The van der Waals surface area contributed by atoms with E-state index in [1.165, 1.54) is 0 Å². The highest BCUT2D eigenvalue weighted by Crippen LogP contribution is 2.47. The molecule has 2 N–H and O–H groups in total. The van der Waals surface area contributed by atoms with Gasteiger partial charge in [-0.15, -0.1) is 0 Å². The number of hydrogen-bond acceptors (Lipinski definition) is 2. The Morgan fingerprint density at radius 3 is 2.38 bits per heavy atom. The highest BCUT2D eigenvalue weighted by atomic mass is 14.6. The molecule has 0 atom stereocenters. The first-order valence-electron chi connectivity index (χ1n) is 2.94. The van der Waals surface area contributed by atoms with Crippen molar-refractivity contribution >= 4 is 0 Å². The molecule has 1 saturated carbocycles. The van der Waals surface area contributed by atoms with E-state index in [4.69, 9.17) is 11.0 Å². The van der Waals surface area contributed by atoms with Crippen molar-refractivity contribution in [2.24, 2.45) is 11.1 Å². The number of nitrogens with zero attached hydrogens (tertiary/aromatic N) is 1. The van der Waals surface area contributed by atoms with Gasteiger partial charge in [0.2, 0.25) is 0 Å². The largest absolute Gasteiger partial charge is 0.330 e. The topological polar surface area (TPSA) is 49.8 Å². The first-order valence-corrected chi connectivity index (χ1v) is 2.94. The fourth-order valence-electron chi connectivity index (χ4n) is 0.845. The second kappa shape index (κ2) is 1.75. The predicted octanol–water partition coefficient (Wildman–Crippen LogP) is 0.639. The zero-order chi connectivity index (χ0) is 6.04. The van der Waals surface area contributed by atoms with Crippen molar-refractivity contribution in [1.29, 1.82) is 5.26 Å². The quantitative estimate of drug-likeness (QED) is 0.567. The third-order valence-electron chi connectivity index (χ3n) is 1.71. The van der Waals surface area contributed by atoms with Gasteiger partial charge in [-0.2, -0.15) is 5.26 Å². The zero-order valence-corrected chi connectivity index (χ0v) is 4.85. The third-order valence-corrected chi connectivity index (χ3v) is 1.71. The molecule has 1 aliphatic rings. The van der Waals surface area contributed by atoms with Gasteiger partial charge in [0.1, 0.15) is 0 Å². The van der Waals surface area contributed by atoms with E-state index < -0.39 is 0 Å². The molecule has 8 heavy (non-hydrogen) atoms. The second-order valence-electron chi connectivity index (χ2n) is 2.43. The molecule has 0 bridgehead atoms. The van der Waals surface area contributed by atoms with Crippen LogP contribution in [0, 0.1) is 16.7 Å². The first kappa shape index (κ1) is 5.58. The fraction of sp³-hybridized carbons (Fsp3) is 0.833. The molecule has 0 spiro atoms. The highest BCUT2D eigenvalue weighted by Gasteiger charge is 2.41. The average Bonchev–Trinajstić information content (AvgIpc) is 2.50. The summed E-state index contributed by atoms with van der Waals surface area (Å²) < 4.78 is 0. The van der Waals surface area contributed by atoms with Gasteiger partial charge in [0.15, 0.2) is 0 Å². The van der Waals surface area contributed by atoms with E-state index in [0.717, 1.165) is 19.3 Å². The lowest BCUT2D eigenvalue weighted by Crippen LogP contribution is -2.06. The molecule has 0 aromatic carbocycles. The number of rotatable bonds is 2. The van der Waals surface area contributed by atoms with Crippen LogP contribution in [-0.2, 0) is 0 Å². The van der Waals surface area contributed by atoms with Crippen LogP contribution in [0.15, 0.2) is 0 Å². The van der Waals surface area contributed by atoms with E-state index in [2.05, 4.69) is 6.07 Å². The summed E-state index contributed by atoms with van der Waals surface area (Å²) in [5, 5.41) is 8.48. The minimum absolute atomic E-state index is 0.0226. The van der Waals surface area contributed by atoms with Crippen LogP contribution in [0.5, 0.6) is 0 Å². The molecule has 2 nitrogen and oxygen atoms in total. The maximum Gasteiger partial charge on any atom is 0.0690 e. The van der Waals surface area contributed by atoms with Crippen LogP contribution in [-0.4, -0.2) is 6.54 Å². The van der Waals surface area contributed by atoms with E-state index in [0.29, 0.717) is 6.54 Å². The number of nitriles is 1. The Kier molecular flexibility index (Phi) is 1.22. The summed E-state index contributed by atoms with van der Waals surface area (Å²) in [6.07, 6.45) is 3.03. The normalized spacial score (nSPS) is 22.0. The molecule has 1 rings (SSSR count). The smallest absolute Gasteiger partial charge is 0.0690 e. The molecule has 44 valence electrons. The van der Waals surface area contributed by atoms with Crippen LogP contribution >= 0.6 is 0 Å². The minimum Gasteiger partial charge on any atom is -0.330 e. The molecule has 0 radical (unpaired) electrons. The van der Waals surface area contributed by atoms with Crippen molar-refractivity contribution in [2.45, 2.75) is 19.3 Å². The summed E-state index contributed by atoms with van der Waals surface area (Å²) in [6, 6.07) is 2.27. The van der Waals surface area contributed by atoms with Crippen LogP contribution < -0.4 is 5.73 Å². The lowest BCUT2D eigenvalue weighted by molar-refractivity contribution is 0.607. The van der Waals surface area contributed by atoms with E-state index >= 15 is 0 Å². The van der Waals surface area contributed by atoms with Crippen molar-refractivity contribution in [3.63, 3.8) is 0 Å². The average molecular weight is 110 g/mol. The first-order chi connectivity index (χ1) is 3.83. The third kappa shape index (κ3) is 0.823. The fourth-order valence-corrected chi connectivity index (χ4v) is 0.845. The van der Waals surface area contributed by atoms with Gasteiger partial charge in [-0.3, -0.25) is 0 Å². The molecule has 1 fully saturated rings. The molecule has 0 saturated heterocycles. The van der Waals surface area contributed by atoms with Crippen LogP contribution in [0.4, 0.5) is 0 Å². The van der Waals surface area contributed by atoms with Crippen molar-refractivity contribution in [2.75, 3.05) is 6.54 Å². The monoisotopic (exact) mass is 110 g/mol. The van der Waals surface area contributed by atoms with Crippen molar-refractivity contribution in [1.82, 2.24) is 0 Å². The molecule has 0 aromatic heterocycles. The molecule has 0 unspecified atom stereocenters. The van der Waals surface area contributed by atoms with Crippen molar-refractivity contribution in [3.8, 4) is 6.07 Å². The van der Waals surface area contributed by atoms with Gasteiger partial charge in [-0.25, -0.2) is 0 Å². The Hall–Kier alpha value is -0.550. The highest BCUT2D eigenvalue weighted by molar-refractivity contribution is 5.09. The summed E-state index contributed by atoms with van der Waals surface area (Å²) in [7, 11) is 0. The van der Waals surface area contributed by atoms with Crippen LogP contribution in [0.1, 0.15) is 19.3 Å². The summed E-state index contributed by atoms with van der Waals surface area (Å²) in [6.45, 7) is 0.660. The van der Waals surface area contributed by atoms with Crippen LogP contribution in [0.2, 0.25) is 0 Å². The molecular weight excluding hydrogens is 100 g/mol. The summed E-state index contributed by atoms with van der Waals surface area (Å²) >= 11 is 0. The summed E-state index contributed by atoms with van der Waals surface area (Å²) in [4.78, 5) is 0. The standard InChI is InChI=1S/C6H10N2/c7-4-3-6(5-8)1-2-6/h1-4,7H2. The maximum absolute atomic E-state index is 8.48. The van der Waals surface area contributed by atoms with Gasteiger partial charge < -0.3 is 5.73 Å². The van der Waals surface area contributed by atoms with Gasteiger partial charge in [0.25, 0.3) is 0 Å². The van der Waals surface area contributed by atoms with E-state index in [1.807, 2.05) is 0 Å². The van der Waals surface area contributed by atoms with E-state index in [9.17, 15) is 0 Å². The van der Waals surface area contributed by atoms with Crippen LogP contribution in [0.25, 0.3) is 0 Å². The maximum atomic E-state index is 8.48. The van der Waals surface area contributed by atoms with Gasteiger partial charge in [0.05, 0.1) is 11.5 Å². The lowest BCUT2D eigenvalue weighted by Gasteiger charge is -1.98. The Morgan fingerprint density at radius 2 is 2.25 bits per heavy atom.